The second-order valence-corrected chi connectivity index (χ2v) is 5.55. The van der Waals surface area contributed by atoms with Crippen molar-refractivity contribution in [1.29, 1.82) is 0 Å². The highest BCUT2D eigenvalue weighted by Crippen LogP contribution is 2.30. The summed E-state index contributed by atoms with van der Waals surface area (Å²) in [5.74, 6) is 0.669. The van der Waals surface area contributed by atoms with Gasteiger partial charge in [-0.1, -0.05) is 55.5 Å². The lowest BCUT2D eigenvalue weighted by molar-refractivity contribution is -0.124. The van der Waals surface area contributed by atoms with Crippen molar-refractivity contribution in [3.63, 3.8) is 0 Å². The monoisotopic (exact) mass is 312 g/mol. The van der Waals surface area contributed by atoms with Gasteiger partial charge in [0.1, 0.15) is 5.75 Å². The first kappa shape index (κ1) is 17.0. The number of methoxy groups -OCH3 is 1. The van der Waals surface area contributed by atoms with Crippen molar-refractivity contribution >= 4 is 5.91 Å². The summed E-state index contributed by atoms with van der Waals surface area (Å²) in [4.78, 5) is 12.5. The Morgan fingerprint density at radius 1 is 1.09 bits per heavy atom. The molecule has 4 nitrogen and oxygen atoms in total. The third kappa shape index (κ3) is 4.33. The summed E-state index contributed by atoms with van der Waals surface area (Å²) < 4.78 is 5.47. The van der Waals surface area contributed by atoms with Crippen LogP contribution in [0, 0.1) is 5.92 Å². The topological polar surface area (TPSA) is 50.4 Å². The summed E-state index contributed by atoms with van der Waals surface area (Å²) in [7, 11) is 3.49. The molecule has 2 unspecified atom stereocenters. The zero-order valence-electron chi connectivity index (χ0n) is 13.9. The zero-order chi connectivity index (χ0) is 16.7. The van der Waals surface area contributed by atoms with E-state index in [9.17, 15) is 4.79 Å². The van der Waals surface area contributed by atoms with Gasteiger partial charge in [-0.15, -0.1) is 0 Å². The van der Waals surface area contributed by atoms with Crippen molar-refractivity contribution in [3.8, 4) is 5.75 Å². The van der Waals surface area contributed by atoms with Gasteiger partial charge in [-0.2, -0.15) is 0 Å². The third-order valence-corrected chi connectivity index (χ3v) is 3.83. The summed E-state index contributed by atoms with van der Waals surface area (Å²) in [6, 6.07) is 17.5. The molecule has 0 fully saturated rings. The van der Waals surface area contributed by atoms with E-state index < -0.39 is 0 Å². The molecular formula is C19H24N2O2. The van der Waals surface area contributed by atoms with Crippen LogP contribution in [0.25, 0.3) is 0 Å². The Morgan fingerprint density at radius 2 is 1.74 bits per heavy atom. The first-order chi connectivity index (χ1) is 11.2. The number of para-hydroxylation sites is 1. The molecule has 23 heavy (non-hydrogen) atoms. The Hall–Kier alpha value is -2.33. The lowest BCUT2D eigenvalue weighted by atomic mass is 9.97. The van der Waals surface area contributed by atoms with Gasteiger partial charge in [-0.25, -0.2) is 0 Å². The summed E-state index contributed by atoms with van der Waals surface area (Å²) in [5.41, 5.74) is 1.98. The fourth-order valence-electron chi connectivity index (χ4n) is 2.57. The fourth-order valence-corrected chi connectivity index (χ4v) is 2.57. The lowest BCUT2D eigenvalue weighted by Gasteiger charge is -2.23. The van der Waals surface area contributed by atoms with Crippen LogP contribution in [0.1, 0.15) is 24.1 Å². The van der Waals surface area contributed by atoms with E-state index in [0.29, 0.717) is 6.54 Å². The van der Waals surface area contributed by atoms with Crippen LogP contribution < -0.4 is 15.4 Å². The van der Waals surface area contributed by atoms with Crippen molar-refractivity contribution < 1.29 is 9.53 Å². The highest BCUT2D eigenvalue weighted by atomic mass is 16.5. The smallest absolute Gasteiger partial charge is 0.224 e. The average molecular weight is 312 g/mol. The van der Waals surface area contributed by atoms with Crippen LogP contribution in [0.2, 0.25) is 0 Å². The van der Waals surface area contributed by atoms with Gasteiger partial charge in [0.2, 0.25) is 5.91 Å². The molecule has 4 heteroatoms. The molecule has 0 aliphatic heterocycles. The van der Waals surface area contributed by atoms with Crippen molar-refractivity contribution in [1.82, 2.24) is 10.6 Å². The van der Waals surface area contributed by atoms with Crippen LogP contribution in [0.5, 0.6) is 5.75 Å². The summed E-state index contributed by atoms with van der Waals surface area (Å²) in [6.07, 6.45) is 0. The molecule has 0 radical (unpaired) electrons. The van der Waals surface area contributed by atoms with Gasteiger partial charge in [0.25, 0.3) is 0 Å². The van der Waals surface area contributed by atoms with Gasteiger partial charge in [-0.05, 0) is 18.7 Å². The molecule has 0 spiro atoms. The highest BCUT2D eigenvalue weighted by molar-refractivity contribution is 5.79. The number of carbonyl (C=O) groups is 1. The molecule has 2 aromatic rings. The molecule has 122 valence electrons. The minimum absolute atomic E-state index is 0.0131. The number of rotatable bonds is 7. The number of benzene rings is 2. The number of hydrogen-bond acceptors (Lipinski definition) is 3. The van der Waals surface area contributed by atoms with Gasteiger partial charge in [0, 0.05) is 18.0 Å². The average Bonchev–Trinajstić information content (AvgIpc) is 2.60. The minimum Gasteiger partial charge on any atom is -0.496 e. The van der Waals surface area contributed by atoms with Crippen LogP contribution in [-0.2, 0) is 4.79 Å². The standard InChI is InChI=1S/C19H24N2O2/c1-14(13-20-2)19(22)21-18(15-9-5-4-6-10-15)16-11-7-8-12-17(16)23-3/h4-12,14,18,20H,13H2,1-3H3,(H,21,22). The number of carbonyl (C=O) groups excluding carboxylic acids is 1. The highest BCUT2D eigenvalue weighted by Gasteiger charge is 2.22. The van der Waals surface area contributed by atoms with E-state index in [1.807, 2.05) is 68.6 Å². The van der Waals surface area contributed by atoms with E-state index in [0.717, 1.165) is 16.9 Å². The molecule has 0 aliphatic rings. The molecular weight excluding hydrogens is 288 g/mol. The number of amides is 1. The predicted molar refractivity (Wildman–Crippen MR) is 92.5 cm³/mol. The second kappa shape index (κ2) is 8.34. The second-order valence-electron chi connectivity index (χ2n) is 5.55. The molecule has 0 bridgehead atoms. The third-order valence-electron chi connectivity index (χ3n) is 3.83. The maximum atomic E-state index is 12.5. The largest absolute Gasteiger partial charge is 0.496 e. The van der Waals surface area contributed by atoms with Crippen LogP contribution in [0.3, 0.4) is 0 Å². The van der Waals surface area contributed by atoms with E-state index in [1.54, 1.807) is 7.11 Å². The van der Waals surface area contributed by atoms with Crippen LogP contribution in [-0.4, -0.2) is 26.6 Å². The first-order valence-corrected chi connectivity index (χ1v) is 7.80. The maximum Gasteiger partial charge on any atom is 0.224 e. The number of hydrogen-bond donors (Lipinski definition) is 2. The molecule has 0 aliphatic carbocycles. The first-order valence-electron chi connectivity index (χ1n) is 7.80. The van der Waals surface area contributed by atoms with Crippen molar-refractivity contribution in [2.45, 2.75) is 13.0 Å². The van der Waals surface area contributed by atoms with E-state index in [-0.39, 0.29) is 17.9 Å². The van der Waals surface area contributed by atoms with Crippen molar-refractivity contribution in [2.24, 2.45) is 5.92 Å². The molecule has 0 saturated carbocycles. The molecule has 1 amide bonds. The summed E-state index contributed by atoms with van der Waals surface area (Å²) >= 11 is 0. The molecule has 2 rings (SSSR count). The van der Waals surface area contributed by atoms with Crippen molar-refractivity contribution in [2.75, 3.05) is 20.7 Å². The molecule has 0 saturated heterocycles. The maximum absolute atomic E-state index is 12.5. The molecule has 2 N–H and O–H groups in total. The predicted octanol–water partition coefficient (Wildman–Crippen LogP) is 2.76. The van der Waals surface area contributed by atoms with Crippen LogP contribution >= 0.6 is 0 Å². The van der Waals surface area contributed by atoms with E-state index in [1.165, 1.54) is 0 Å². The Morgan fingerprint density at radius 3 is 2.39 bits per heavy atom. The summed E-state index contributed by atoms with van der Waals surface area (Å²) in [6.45, 7) is 2.55. The Balaban J connectivity index is 2.35. The molecule has 0 heterocycles. The summed E-state index contributed by atoms with van der Waals surface area (Å²) in [5, 5.41) is 6.19. The SMILES string of the molecule is CNCC(C)C(=O)NC(c1ccccc1)c1ccccc1OC. The van der Waals surface area contributed by atoms with E-state index >= 15 is 0 Å². The van der Waals surface area contributed by atoms with Crippen LogP contribution in [0.4, 0.5) is 0 Å². The molecule has 2 atom stereocenters. The van der Waals surface area contributed by atoms with E-state index in [4.69, 9.17) is 4.74 Å². The van der Waals surface area contributed by atoms with Crippen LogP contribution in [0.15, 0.2) is 54.6 Å². The Labute approximate surface area is 137 Å². The molecule has 2 aromatic carbocycles. The normalized spacial score (nSPS) is 13.2. The Bertz CT molecular complexity index is 628. The van der Waals surface area contributed by atoms with Gasteiger partial charge in [-0.3, -0.25) is 4.79 Å². The van der Waals surface area contributed by atoms with Crippen molar-refractivity contribution in [3.05, 3.63) is 65.7 Å². The van der Waals surface area contributed by atoms with Gasteiger partial charge in [0.15, 0.2) is 0 Å². The number of ether oxygens (including phenoxy) is 1. The zero-order valence-corrected chi connectivity index (χ0v) is 13.9. The lowest BCUT2D eigenvalue weighted by Crippen LogP contribution is -2.37. The quantitative estimate of drug-likeness (QED) is 0.826. The van der Waals surface area contributed by atoms with Gasteiger partial charge >= 0.3 is 0 Å². The molecule has 0 aromatic heterocycles. The number of nitrogens with one attached hydrogen (secondary N) is 2. The van der Waals surface area contributed by atoms with Gasteiger partial charge in [0.05, 0.1) is 13.2 Å². The van der Waals surface area contributed by atoms with Gasteiger partial charge < -0.3 is 15.4 Å². The van der Waals surface area contributed by atoms with E-state index in [2.05, 4.69) is 10.6 Å². The fraction of sp³-hybridized carbons (Fsp3) is 0.316. The minimum atomic E-state index is -0.237. The Kier molecular flexibility index (Phi) is 6.18.